The summed E-state index contributed by atoms with van der Waals surface area (Å²) < 4.78 is 4.90. The number of ether oxygens (including phenoxy) is 1. The van der Waals surface area contributed by atoms with Crippen LogP contribution in [0, 0.1) is 6.92 Å². The molecule has 1 heterocycles. The number of carbonyl (C=O) groups is 1. The molecule has 0 fully saturated rings. The third kappa shape index (κ3) is 2.51. The molecule has 0 spiro atoms. The van der Waals surface area contributed by atoms with Gasteiger partial charge in [0.1, 0.15) is 0 Å². The minimum atomic E-state index is -0.469. The van der Waals surface area contributed by atoms with Crippen LogP contribution in [0.2, 0.25) is 5.02 Å². The highest BCUT2D eigenvalue weighted by atomic mass is 35.5. The molecule has 0 aliphatic heterocycles. The molecule has 0 amide bonds. The topological polar surface area (TPSA) is 57.0 Å². The van der Waals surface area contributed by atoms with Crippen molar-refractivity contribution in [3.05, 3.63) is 40.7 Å². The fourth-order valence-corrected chi connectivity index (χ4v) is 1.67. The van der Waals surface area contributed by atoms with E-state index in [1.165, 1.54) is 4.80 Å². The Morgan fingerprint density at radius 3 is 2.89 bits per heavy atom. The molecular formula is C12H12ClN3O2. The molecule has 18 heavy (non-hydrogen) atoms. The number of aromatic nitrogens is 3. The molecule has 0 bridgehead atoms. The Morgan fingerprint density at radius 2 is 2.22 bits per heavy atom. The Labute approximate surface area is 109 Å². The monoisotopic (exact) mass is 265 g/mol. The van der Waals surface area contributed by atoms with Gasteiger partial charge in [-0.2, -0.15) is 9.90 Å². The van der Waals surface area contributed by atoms with Crippen LogP contribution >= 0.6 is 11.6 Å². The first-order chi connectivity index (χ1) is 8.61. The lowest BCUT2D eigenvalue weighted by atomic mass is 10.3. The Bertz CT molecular complexity index is 580. The SMILES string of the molecule is CCOC(=O)c1nn(-c2cccc(Cl)c2)nc1C. The number of nitrogens with zero attached hydrogens (tertiary/aromatic N) is 3. The first kappa shape index (κ1) is 12.6. The Kier molecular flexibility index (Phi) is 3.62. The van der Waals surface area contributed by atoms with E-state index in [-0.39, 0.29) is 5.69 Å². The van der Waals surface area contributed by atoms with Gasteiger partial charge in [-0.05, 0) is 32.0 Å². The summed E-state index contributed by atoms with van der Waals surface area (Å²) in [5, 5.41) is 8.87. The lowest BCUT2D eigenvalue weighted by Gasteiger charge is -1.99. The van der Waals surface area contributed by atoms with Gasteiger partial charge in [0.25, 0.3) is 0 Å². The standard InChI is InChI=1S/C12H12ClN3O2/c1-3-18-12(17)11-8(2)14-16(15-11)10-6-4-5-9(13)7-10/h4-7H,3H2,1-2H3. The number of hydrogen-bond acceptors (Lipinski definition) is 4. The molecule has 0 N–H and O–H groups in total. The molecule has 0 saturated carbocycles. The molecule has 6 heteroatoms. The molecule has 5 nitrogen and oxygen atoms in total. The third-order valence-electron chi connectivity index (χ3n) is 2.29. The van der Waals surface area contributed by atoms with Gasteiger partial charge in [0.15, 0.2) is 5.69 Å². The van der Waals surface area contributed by atoms with Crippen LogP contribution in [-0.2, 0) is 4.74 Å². The van der Waals surface area contributed by atoms with Crippen LogP contribution < -0.4 is 0 Å². The van der Waals surface area contributed by atoms with Crippen LogP contribution in [0.5, 0.6) is 0 Å². The second-order valence-corrected chi connectivity index (χ2v) is 4.06. The zero-order valence-corrected chi connectivity index (χ0v) is 10.8. The summed E-state index contributed by atoms with van der Waals surface area (Å²) in [6.45, 7) is 3.76. The fourth-order valence-electron chi connectivity index (χ4n) is 1.48. The van der Waals surface area contributed by atoms with Crippen LogP contribution in [0.25, 0.3) is 5.69 Å². The van der Waals surface area contributed by atoms with E-state index in [0.717, 1.165) is 0 Å². The Morgan fingerprint density at radius 1 is 1.44 bits per heavy atom. The van der Waals surface area contributed by atoms with Gasteiger partial charge in [0.05, 0.1) is 18.0 Å². The van der Waals surface area contributed by atoms with E-state index in [1.54, 1.807) is 38.1 Å². The van der Waals surface area contributed by atoms with E-state index in [0.29, 0.717) is 23.0 Å². The van der Waals surface area contributed by atoms with Crippen molar-refractivity contribution in [3.8, 4) is 5.69 Å². The molecule has 0 atom stereocenters. The summed E-state index contributed by atoms with van der Waals surface area (Å²) in [6, 6.07) is 7.07. The van der Waals surface area contributed by atoms with Gasteiger partial charge in [0.2, 0.25) is 0 Å². The summed E-state index contributed by atoms with van der Waals surface area (Å²) in [6.07, 6.45) is 0. The van der Waals surface area contributed by atoms with Crippen molar-refractivity contribution in [1.29, 1.82) is 0 Å². The van der Waals surface area contributed by atoms with Crippen LogP contribution in [0.4, 0.5) is 0 Å². The number of rotatable bonds is 3. The number of carbonyl (C=O) groups excluding carboxylic acids is 1. The predicted molar refractivity (Wildman–Crippen MR) is 67.1 cm³/mol. The lowest BCUT2D eigenvalue weighted by Crippen LogP contribution is -2.07. The second-order valence-electron chi connectivity index (χ2n) is 3.62. The Balaban J connectivity index is 2.37. The van der Waals surface area contributed by atoms with Crippen molar-refractivity contribution in [3.63, 3.8) is 0 Å². The molecule has 0 aliphatic carbocycles. The van der Waals surface area contributed by atoms with Crippen molar-refractivity contribution in [2.75, 3.05) is 6.61 Å². The molecule has 94 valence electrons. The number of esters is 1. The van der Waals surface area contributed by atoms with Crippen LogP contribution in [0.1, 0.15) is 23.1 Å². The second kappa shape index (κ2) is 5.18. The summed E-state index contributed by atoms with van der Waals surface area (Å²) in [4.78, 5) is 13.0. The molecule has 0 radical (unpaired) electrons. The zero-order valence-electron chi connectivity index (χ0n) is 10.1. The van der Waals surface area contributed by atoms with E-state index in [4.69, 9.17) is 16.3 Å². The largest absolute Gasteiger partial charge is 0.461 e. The maximum Gasteiger partial charge on any atom is 0.360 e. The predicted octanol–water partition coefficient (Wildman–Crippen LogP) is 2.41. The number of halogens is 1. The van der Waals surface area contributed by atoms with E-state index in [9.17, 15) is 4.79 Å². The summed E-state index contributed by atoms with van der Waals surface area (Å²) in [5.74, 6) is -0.469. The zero-order chi connectivity index (χ0) is 13.1. The smallest absolute Gasteiger partial charge is 0.360 e. The molecule has 2 aromatic rings. The average molecular weight is 266 g/mol. The highest BCUT2D eigenvalue weighted by molar-refractivity contribution is 6.30. The third-order valence-corrected chi connectivity index (χ3v) is 2.53. The quantitative estimate of drug-likeness (QED) is 0.800. The van der Waals surface area contributed by atoms with E-state index in [1.807, 2.05) is 0 Å². The minimum Gasteiger partial charge on any atom is -0.461 e. The molecule has 1 aromatic heterocycles. The van der Waals surface area contributed by atoms with Gasteiger partial charge < -0.3 is 4.74 Å². The van der Waals surface area contributed by atoms with Crippen molar-refractivity contribution < 1.29 is 9.53 Å². The van der Waals surface area contributed by atoms with E-state index < -0.39 is 5.97 Å². The van der Waals surface area contributed by atoms with Gasteiger partial charge in [-0.1, -0.05) is 17.7 Å². The minimum absolute atomic E-state index is 0.219. The molecule has 0 unspecified atom stereocenters. The lowest BCUT2D eigenvalue weighted by molar-refractivity contribution is 0.0518. The maximum absolute atomic E-state index is 11.6. The first-order valence-corrected chi connectivity index (χ1v) is 5.86. The number of hydrogen-bond donors (Lipinski definition) is 0. The van der Waals surface area contributed by atoms with E-state index >= 15 is 0 Å². The number of benzene rings is 1. The van der Waals surface area contributed by atoms with Crippen LogP contribution in [0.3, 0.4) is 0 Å². The van der Waals surface area contributed by atoms with Crippen LogP contribution in [-0.4, -0.2) is 27.6 Å². The van der Waals surface area contributed by atoms with Gasteiger partial charge in [0, 0.05) is 5.02 Å². The van der Waals surface area contributed by atoms with Gasteiger partial charge in [-0.25, -0.2) is 4.79 Å². The maximum atomic E-state index is 11.6. The summed E-state index contributed by atoms with van der Waals surface area (Å²) in [7, 11) is 0. The molecule has 0 aliphatic rings. The van der Waals surface area contributed by atoms with Crippen molar-refractivity contribution >= 4 is 17.6 Å². The highest BCUT2D eigenvalue weighted by Gasteiger charge is 2.17. The molecule has 0 saturated heterocycles. The van der Waals surface area contributed by atoms with Gasteiger partial charge in [-0.3, -0.25) is 0 Å². The van der Waals surface area contributed by atoms with Gasteiger partial charge in [-0.15, -0.1) is 5.10 Å². The average Bonchev–Trinajstić information content (AvgIpc) is 2.72. The fraction of sp³-hybridized carbons (Fsp3) is 0.250. The first-order valence-electron chi connectivity index (χ1n) is 5.49. The summed E-state index contributed by atoms with van der Waals surface area (Å²) in [5.41, 5.74) is 1.44. The van der Waals surface area contributed by atoms with Crippen molar-refractivity contribution in [2.24, 2.45) is 0 Å². The molecule has 1 aromatic carbocycles. The number of aryl methyl sites for hydroxylation is 1. The summed E-state index contributed by atoms with van der Waals surface area (Å²) >= 11 is 5.89. The van der Waals surface area contributed by atoms with Crippen molar-refractivity contribution in [1.82, 2.24) is 15.0 Å². The Hall–Kier alpha value is -1.88. The van der Waals surface area contributed by atoms with E-state index in [2.05, 4.69) is 10.2 Å². The molecular weight excluding hydrogens is 254 g/mol. The van der Waals surface area contributed by atoms with Crippen LogP contribution in [0.15, 0.2) is 24.3 Å². The normalized spacial score (nSPS) is 10.4. The van der Waals surface area contributed by atoms with Gasteiger partial charge >= 0.3 is 5.97 Å². The molecule has 2 rings (SSSR count). The highest BCUT2D eigenvalue weighted by Crippen LogP contribution is 2.14. The van der Waals surface area contributed by atoms with Crippen molar-refractivity contribution in [2.45, 2.75) is 13.8 Å².